The van der Waals surface area contributed by atoms with E-state index < -0.39 is 5.21 Å². The van der Waals surface area contributed by atoms with Crippen molar-refractivity contribution in [2.45, 2.75) is 17.9 Å². The Balaban J connectivity index is 1.82. The van der Waals surface area contributed by atoms with Gasteiger partial charge in [0.15, 0.2) is 0 Å². The lowest BCUT2D eigenvalue weighted by atomic mass is 9.70. The number of carbonyl (C=O) groups excluding carboxylic acids is 1. The van der Waals surface area contributed by atoms with E-state index in [0.717, 1.165) is 27.6 Å². The topological polar surface area (TPSA) is 33.2 Å². The van der Waals surface area contributed by atoms with Crippen molar-refractivity contribution in [2.75, 3.05) is 13.6 Å². The molecule has 1 aliphatic rings. The monoisotopic (exact) mass is 347 g/mol. The molecule has 1 aliphatic heterocycles. The molecule has 0 saturated carbocycles. The standard InChI is InChI=1S/C21H18B3N2O/c1-13-17(14-8-4-3-5-9-14)15-10-6-7-11-16(15)25-18(13)19(27)26(2)12-21(23)20(22)24-21/h3-11,20H,12H2,1-2H3. The third-order valence-electron chi connectivity index (χ3n) is 5.26. The van der Waals surface area contributed by atoms with Crippen LogP contribution in [0.4, 0.5) is 0 Å². The average molecular weight is 347 g/mol. The summed E-state index contributed by atoms with van der Waals surface area (Å²) in [5, 5.41) is 0.436. The van der Waals surface area contributed by atoms with Gasteiger partial charge in [0.05, 0.1) is 21.2 Å². The van der Waals surface area contributed by atoms with Gasteiger partial charge in [0.1, 0.15) is 13.0 Å². The Morgan fingerprint density at radius 1 is 1.19 bits per heavy atom. The highest BCUT2D eigenvalue weighted by Gasteiger charge is 2.47. The van der Waals surface area contributed by atoms with Crippen LogP contribution < -0.4 is 0 Å². The van der Waals surface area contributed by atoms with E-state index >= 15 is 0 Å². The molecule has 0 spiro atoms. The molecule has 5 radical (unpaired) electrons. The number of para-hydroxylation sites is 1. The van der Waals surface area contributed by atoms with Crippen LogP contribution in [0.1, 0.15) is 16.1 Å². The smallest absolute Gasteiger partial charge is 0.272 e. The first kappa shape index (κ1) is 17.9. The maximum absolute atomic E-state index is 13.2. The molecule has 0 aliphatic carbocycles. The normalized spacial score (nSPS) is 20.9. The van der Waals surface area contributed by atoms with Gasteiger partial charge >= 0.3 is 0 Å². The maximum Gasteiger partial charge on any atom is 0.272 e. The number of pyridine rings is 1. The zero-order valence-electron chi connectivity index (χ0n) is 15.5. The summed E-state index contributed by atoms with van der Waals surface area (Å²) in [4.78, 5) is 19.4. The van der Waals surface area contributed by atoms with E-state index in [0.29, 0.717) is 12.2 Å². The highest BCUT2D eigenvalue weighted by Crippen LogP contribution is 2.51. The van der Waals surface area contributed by atoms with E-state index in [4.69, 9.17) is 15.7 Å². The number of nitrogens with zero attached hydrogens (tertiary/aromatic N) is 2. The second kappa shape index (κ2) is 6.59. The Morgan fingerprint density at radius 3 is 2.48 bits per heavy atom. The van der Waals surface area contributed by atoms with Gasteiger partial charge in [0.25, 0.3) is 5.91 Å². The summed E-state index contributed by atoms with van der Waals surface area (Å²) in [6, 6.07) is 18.0. The second-order valence-corrected chi connectivity index (χ2v) is 7.31. The number of rotatable bonds is 4. The van der Waals surface area contributed by atoms with Crippen LogP contribution >= 0.6 is 0 Å². The molecule has 2 unspecified atom stereocenters. The fourth-order valence-corrected chi connectivity index (χ4v) is 3.60. The molecule has 27 heavy (non-hydrogen) atoms. The fraction of sp³-hybridized carbons (Fsp3) is 0.238. The molecule has 2 atom stereocenters. The molecule has 3 nitrogen and oxygen atoms in total. The summed E-state index contributed by atoms with van der Waals surface area (Å²) in [7, 11) is 15.6. The van der Waals surface area contributed by atoms with E-state index in [-0.39, 0.29) is 11.6 Å². The van der Waals surface area contributed by atoms with E-state index in [1.54, 1.807) is 11.9 Å². The van der Waals surface area contributed by atoms with Crippen molar-refractivity contribution < 1.29 is 4.79 Å². The Morgan fingerprint density at radius 2 is 1.81 bits per heavy atom. The van der Waals surface area contributed by atoms with Crippen molar-refractivity contribution in [1.29, 1.82) is 0 Å². The SMILES string of the molecule is [B]C1[B]C1([B])CN(C)C(=O)c1nc2ccccc2c(-c2ccccc2)c1C. The molecule has 3 aromatic rings. The number of fused-ring (bicyclic) bond motifs is 1. The van der Waals surface area contributed by atoms with Crippen LogP contribution in [0.5, 0.6) is 0 Å². The minimum Gasteiger partial charge on any atom is -0.341 e. The van der Waals surface area contributed by atoms with Gasteiger partial charge in [0, 0.05) is 19.0 Å². The van der Waals surface area contributed by atoms with Gasteiger partial charge in [-0.2, -0.15) is 0 Å². The van der Waals surface area contributed by atoms with Crippen LogP contribution in [-0.4, -0.2) is 52.4 Å². The summed E-state index contributed by atoms with van der Waals surface area (Å²) >= 11 is 0. The van der Waals surface area contributed by atoms with Crippen LogP contribution in [0.25, 0.3) is 22.0 Å². The van der Waals surface area contributed by atoms with Gasteiger partial charge in [-0.3, -0.25) is 4.79 Å². The summed E-state index contributed by atoms with van der Waals surface area (Å²) in [6.07, 6.45) is 0. The molecule has 0 N–H and O–H groups in total. The third kappa shape index (κ3) is 3.18. The van der Waals surface area contributed by atoms with Crippen LogP contribution in [0.3, 0.4) is 0 Å². The van der Waals surface area contributed by atoms with Crippen molar-refractivity contribution in [3.05, 3.63) is 65.9 Å². The molecule has 1 aromatic heterocycles. The lowest BCUT2D eigenvalue weighted by Gasteiger charge is -2.24. The molecule has 0 bridgehead atoms. The number of benzene rings is 2. The van der Waals surface area contributed by atoms with Crippen LogP contribution in [0, 0.1) is 6.92 Å². The summed E-state index contributed by atoms with van der Waals surface area (Å²) in [5.41, 5.74) is 4.06. The molecule has 1 fully saturated rings. The molecule has 6 heteroatoms. The first-order chi connectivity index (χ1) is 12.9. The minimum atomic E-state index is -0.600. The Hall–Kier alpha value is -2.49. The van der Waals surface area contributed by atoms with Gasteiger partial charge in [0.2, 0.25) is 0 Å². The van der Waals surface area contributed by atoms with Crippen LogP contribution in [-0.2, 0) is 0 Å². The molecule has 1 saturated heterocycles. The van der Waals surface area contributed by atoms with Crippen molar-refractivity contribution in [1.82, 2.24) is 9.88 Å². The first-order valence-corrected chi connectivity index (χ1v) is 9.01. The molecular formula is C21H18B3N2O. The Kier molecular flexibility index (Phi) is 4.37. The quantitative estimate of drug-likeness (QED) is 0.680. The predicted molar refractivity (Wildman–Crippen MR) is 113 cm³/mol. The lowest BCUT2D eigenvalue weighted by molar-refractivity contribution is 0.0788. The Labute approximate surface area is 163 Å². The van der Waals surface area contributed by atoms with E-state index in [1.807, 2.05) is 56.7 Å². The largest absolute Gasteiger partial charge is 0.341 e. The van der Waals surface area contributed by atoms with E-state index in [2.05, 4.69) is 17.1 Å². The van der Waals surface area contributed by atoms with Gasteiger partial charge in [-0.05, 0) is 29.7 Å². The van der Waals surface area contributed by atoms with Gasteiger partial charge in [-0.15, -0.1) is 5.72 Å². The minimum absolute atomic E-state index is 0.146. The lowest BCUT2D eigenvalue weighted by Crippen LogP contribution is -2.32. The van der Waals surface area contributed by atoms with Gasteiger partial charge < -0.3 is 4.90 Å². The number of hydrogen-bond acceptors (Lipinski definition) is 2. The molecule has 2 aromatic carbocycles. The first-order valence-electron chi connectivity index (χ1n) is 9.01. The molecular weight excluding hydrogens is 329 g/mol. The molecule has 127 valence electrons. The number of amides is 1. The summed E-state index contributed by atoms with van der Waals surface area (Å²) < 4.78 is 0. The number of carbonyl (C=O) groups is 1. The summed E-state index contributed by atoms with van der Waals surface area (Å²) in [5.74, 6) is -0.146. The molecule has 4 rings (SSSR count). The van der Waals surface area contributed by atoms with E-state index in [1.165, 1.54) is 0 Å². The Bertz CT molecular complexity index is 1020. The highest BCUT2D eigenvalue weighted by molar-refractivity contribution is 6.78. The van der Waals surface area contributed by atoms with E-state index in [9.17, 15) is 4.79 Å². The van der Waals surface area contributed by atoms with Crippen molar-refractivity contribution in [2.24, 2.45) is 0 Å². The summed E-state index contributed by atoms with van der Waals surface area (Å²) in [6.45, 7) is 2.33. The third-order valence-corrected chi connectivity index (χ3v) is 5.26. The van der Waals surface area contributed by atoms with Gasteiger partial charge in [-0.25, -0.2) is 4.98 Å². The second-order valence-electron chi connectivity index (χ2n) is 7.31. The fourth-order valence-electron chi connectivity index (χ4n) is 3.60. The molecule has 2 heterocycles. The zero-order chi connectivity index (χ0) is 19.2. The van der Waals surface area contributed by atoms with Crippen molar-refractivity contribution in [3.8, 4) is 11.1 Å². The number of aromatic nitrogens is 1. The van der Waals surface area contributed by atoms with Crippen LogP contribution in [0.2, 0.25) is 10.9 Å². The predicted octanol–water partition coefficient (Wildman–Crippen LogP) is 3.20. The molecule has 1 amide bonds. The van der Waals surface area contributed by atoms with Crippen molar-refractivity contribution >= 4 is 39.8 Å². The highest BCUT2D eigenvalue weighted by atomic mass is 16.2. The average Bonchev–Trinajstić information content (AvgIpc) is 3.26. The zero-order valence-corrected chi connectivity index (χ0v) is 15.5. The maximum atomic E-state index is 13.2. The number of hydrogen-bond donors (Lipinski definition) is 0. The van der Waals surface area contributed by atoms with Crippen LogP contribution in [0.15, 0.2) is 54.6 Å². The van der Waals surface area contributed by atoms with Gasteiger partial charge in [-0.1, -0.05) is 53.7 Å². The van der Waals surface area contributed by atoms with Crippen molar-refractivity contribution in [3.63, 3.8) is 0 Å².